The van der Waals surface area contributed by atoms with E-state index in [2.05, 4.69) is 14.9 Å². The monoisotopic (exact) mass is 310 g/mol. The molecule has 0 saturated carbocycles. The minimum atomic E-state index is -2.91. The second-order valence-electron chi connectivity index (χ2n) is 6.39. The molecule has 1 spiro atoms. The Bertz CT molecular complexity index is 642. The zero-order valence-electron chi connectivity index (χ0n) is 12.4. The van der Waals surface area contributed by atoms with Gasteiger partial charge in [-0.3, -0.25) is 0 Å². The second kappa shape index (κ2) is 5.21. The minimum absolute atomic E-state index is 0.0438. The van der Waals surface area contributed by atoms with Crippen LogP contribution in [-0.2, 0) is 21.7 Å². The number of anilines is 1. The SMILES string of the molecule is CS(=O)(=O)CCN1CCCC2(CCc3cnc(N)nc32)C1. The minimum Gasteiger partial charge on any atom is -0.368 e. The number of hydrogen-bond donors (Lipinski definition) is 1. The van der Waals surface area contributed by atoms with Crippen LogP contribution in [0.5, 0.6) is 0 Å². The number of piperidine rings is 1. The zero-order valence-corrected chi connectivity index (χ0v) is 13.2. The van der Waals surface area contributed by atoms with Gasteiger partial charge in [0.25, 0.3) is 0 Å². The van der Waals surface area contributed by atoms with E-state index in [4.69, 9.17) is 5.73 Å². The smallest absolute Gasteiger partial charge is 0.220 e. The fraction of sp³-hybridized carbons (Fsp3) is 0.714. The first-order chi connectivity index (χ1) is 9.88. The summed E-state index contributed by atoms with van der Waals surface area (Å²) < 4.78 is 22.7. The van der Waals surface area contributed by atoms with Crippen LogP contribution in [-0.4, -0.2) is 54.9 Å². The van der Waals surface area contributed by atoms with Gasteiger partial charge in [-0.05, 0) is 37.8 Å². The quantitative estimate of drug-likeness (QED) is 0.868. The number of nitrogen functional groups attached to an aromatic ring is 1. The number of aromatic nitrogens is 2. The number of fused-ring (bicyclic) bond motifs is 2. The van der Waals surface area contributed by atoms with Crippen LogP contribution in [0.25, 0.3) is 0 Å². The molecule has 7 heteroatoms. The molecule has 1 aliphatic heterocycles. The Morgan fingerprint density at radius 2 is 2.24 bits per heavy atom. The lowest BCUT2D eigenvalue weighted by molar-refractivity contribution is 0.150. The van der Waals surface area contributed by atoms with E-state index in [0.717, 1.165) is 44.5 Å². The van der Waals surface area contributed by atoms with Crippen LogP contribution < -0.4 is 5.73 Å². The van der Waals surface area contributed by atoms with Crippen molar-refractivity contribution in [3.63, 3.8) is 0 Å². The Balaban J connectivity index is 1.79. The molecule has 1 unspecified atom stereocenters. The first-order valence-corrected chi connectivity index (χ1v) is 9.46. The van der Waals surface area contributed by atoms with Crippen molar-refractivity contribution in [3.05, 3.63) is 17.5 Å². The molecule has 3 rings (SSSR count). The second-order valence-corrected chi connectivity index (χ2v) is 8.65. The number of rotatable bonds is 3. The van der Waals surface area contributed by atoms with E-state index in [9.17, 15) is 8.42 Å². The van der Waals surface area contributed by atoms with Crippen LogP contribution in [0.4, 0.5) is 5.95 Å². The molecule has 6 nitrogen and oxygen atoms in total. The topological polar surface area (TPSA) is 89.2 Å². The van der Waals surface area contributed by atoms with Gasteiger partial charge in [-0.2, -0.15) is 0 Å². The van der Waals surface area contributed by atoms with E-state index in [-0.39, 0.29) is 11.2 Å². The maximum Gasteiger partial charge on any atom is 0.220 e. The first-order valence-electron chi connectivity index (χ1n) is 7.40. The van der Waals surface area contributed by atoms with Gasteiger partial charge in [-0.1, -0.05) is 0 Å². The van der Waals surface area contributed by atoms with Gasteiger partial charge in [0, 0.05) is 31.0 Å². The molecule has 0 amide bonds. The summed E-state index contributed by atoms with van der Waals surface area (Å²) in [6.07, 6.45) is 7.39. The Hall–Kier alpha value is -1.21. The van der Waals surface area contributed by atoms with Gasteiger partial charge in [0.2, 0.25) is 5.95 Å². The Morgan fingerprint density at radius 1 is 1.43 bits per heavy atom. The van der Waals surface area contributed by atoms with Gasteiger partial charge in [0.1, 0.15) is 9.84 Å². The van der Waals surface area contributed by atoms with Gasteiger partial charge in [0.05, 0.1) is 11.4 Å². The van der Waals surface area contributed by atoms with Crippen molar-refractivity contribution in [2.24, 2.45) is 0 Å². The van der Waals surface area contributed by atoms with E-state index in [1.54, 1.807) is 0 Å². The highest BCUT2D eigenvalue weighted by Crippen LogP contribution is 2.43. The highest BCUT2D eigenvalue weighted by molar-refractivity contribution is 7.90. The van der Waals surface area contributed by atoms with Crippen LogP contribution >= 0.6 is 0 Å². The van der Waals surface area contributed by atoms with Gasteiger partial charge in [-0.15, -0.1) is 0 Å². The molecule has 116 valence electrons. The molecule has 1 saturated heterocycles. The highest BCUT2D eigenvalue weighted by atomic mass is 32.2. The van der Waals surface area contributed by atoms with Crippen LogP contribution in [0.3, 0.4) is 0 Å². The Morgan fingerprint density at radius 3 is 3.00 bits per heavy atom. The maximum atomic E-state index is 11.4. The predicted molar refractivity (Wildman–Crippen MR) is 81.8 cm³/mol. The van der Waals surface area contributed by atoms with Gasteiger partial charge < -0.3 is 10.6 Å². The molecule has 0 bridgehead atoms. The molecular formula is C14H22N4O2S. The number of nitrogens with two attached hydrogens (primary N) is 1. The van der Waals surface area contributed by atoms with E-state index >= 15 is 0 Å². The van der Waals surface area contributed by atoms with Crippen LogP contribution in [0.15, 0.2) is 6.20 Å². The summed E-state index contributed by atoms with van der Waals surface area (Å²) in [5.74, 6) is 0.560. The van der Waals surface area contributed by atoms with Crippen molar-refractivity contribution in [2.45, 2.75) is 31.1 Å². The lowest BCUT2D eigenvalue weighted by Gasteiger charge is -2.40. The number of sulfone groups is 1. The average molecular weight is 310 g/mol. The molecule has 2 aliphatic rings. The van der Waals surface area contributed by atoms with Crippen LogP contribution in [0.1, 0.15) is 30.5 Å². The van der Waals surface area contributed by atoms with Crippen LogP contribution in [0, 0.1) is 0 Å². The van der Waals surface area contributed by atoms with Crippen molar-refractivity contribution in [2.75, 3.05) is 37.4 Å². The number of likely N-dealkylation sites (tertiary alicyclic amines) is 1. The Kier molecular flexibility index (Phi) is 3.65. The highest BCUT2D eigenvalue weighted by Gasteiger charge is 2.43. The fourth-order valence-electron chi connectivity index (χ4n) is 3.67. The third-order valence-corrected chi connectivity index (χ3v) is 5.62. The summed E-state index contributed by atoms with van der Waals surface area (Å²) in [4.78, 5) is 10.8. The summed E-state index contributed by atoms with van der Waals surface area (Å²) in [6.45, 7) is 2.45. The lowest BCUT2D eigenvalue weighted by atomic mass is 9.77. The maximum absolute atomic E-state index is 11.4. The fourth-order valence-corrected chi connectivity index (χ4v) is 4.26. The molecule has 1 aliphatic carbocycles. The molecule has 21 heavy (non-hydrogen) atoms. The van der Waals surface area contributed by atoms with Gasteiger partial charge in [0.15, 0.2) is 0 Å². The molecule has 1 aromatic heterocycles. The molecule has 2 N–H and O–H groups in total. The number of nitrogens with zero attached hydrogens (tertiary/aromatic N) is 3. The zero-order chi connectivity index (χ0) is 15.1. The number of hydrogen-bond acceptors (Lipinski definition) is 6. The van der Waals surface area contributed by atoms with Crippen molar-refractivity contribution >= 4 is 15.8 Å². The van der Waals surface area contributed by atoms with Gasteiger partial charge >= 0.3 is 0 Å². The molecule has 1 aromatic rings. The van der Waals surface area contributed by atoms with Crippen molar-refractivity contribution in [1.82, 2.24) is 14.9 Å². The summed E-state index contributed by atoms with van der Waals surface area (Å²) in [5, 5.41) is 0. The van der Waals surface area contributed by atoms with E-state index in [1.165, 1.54) is 11.8 Å². The lowest BCUT2D eigenvalue weighted by Crippen LogP contribution is -2.46. The normalized spacial score (nSPS) is 26.1. The Labute approximate surface area is 125 Å². The molecule has 1 atom stereocenters. The third kappa shape index (κ3) is 3.03. The van der Waals surface area contributed by atoms with Crippen molar-refractivity contribution in [3.8, 4) is 0 Å². The third-order valence-electron chi connectivity index (χ3n) is 4.69. The largest absolute Gasteiger partial charge is 0.368 e. The predicted octanol–water partition coefficient (Wildman–Crippen LogP) is 0.383. The van der Waals surface area contributed by atoms with Crippen LogP contribution in [0.2, 0.25) is 0 Å². The molecular weight excluding hydrogens is 288 g/mol. The molecule has 1 fully saturated rings. The number of aryl methyl sites for hydroxylation is 1. The summed E-state index contributed by atoms with van der Waals surface area (Å²) in [6, 6.07) is 0. The average Bonchev–Trinajstić information content (AvgIpc) is 2.75. The first kappa shape index (κ1) is 14.7. The molecule has 2 heterocycles. The van der Waals surface area contributed by atoms with E-state index < -0.39 is 9.84 Å². The summed E-state index contributed by atoms with van der Waals surface area (Å²) in [5.41, 5.74) is 8.10. The molecule has 0 aromatic carbocycles. The van der Waals surface area contributed by atoms with Crippen molar-refractivity contribution < 1.29 is 8.42 Å². The standard InChI is InChI=1S/C14H22N4O2S/c1-21(19,20)8-7-18-6-2-4-14(10-18)5-3-11-9-16-13(15)17-12(11)14/h9H,2-8,10H2,1H3,(H2,15,16,17). The summed E-state index contributed by atoms with van der Waals surface area (Å²) in [7, 11) is -2.91. The van der Waals surface area contributed by atoms with Gasteiger partial charge in [-0.25, -0.2) is 18.4 Å². The van der Waals surface area contributed by atoms with Crippen molar-refractivity contribution in [1.29, 1.82) is 0 Å². The van der Waals surface area contributed by atoms with E-state index in [0.29, 0.717) is 12.5 Å². The molecule has 0 radical (unpaired) electrons. The summed E-state index contributed by atoms with van der Waals surface area (Å²) >= 11 is 0. The van der Waals surface area contributed by atoms with E-state index in [1.807, 2.05) is 6.20 Å².